The normalized spacial score (nSPS) is 21.2. The highest BCUT2D eigenvalue weighted by molar-refractivity contribution is 9.08. The number of nitrogens with zero attached hydrogens (tertiary/aromatic N) is 1. The summed E-state index contributed by atoms with van der Waals surface area (Å²) >= 11 is 5.36. The van der Waals surface area contributed by atoms with E-state index in [1.165, 1.54) is 6.07 Å². The fourth-order valence-electron chi connectivity index (χ4n) is 2.01. The van der Waals surface area contributed by atoms with E-state index in [4.69, 9.17) is 0 Å². The van der Waals surface area contributed by atoms with Crippen molar-refractivity contribution in [2.45, 2.75) is 17.5 Å². The van der Waals surface area contributed by atoms with Crippen molar-refractivity contribution in [2.75, 3.05) is 23.7 Å². The average Bonchev–Trinajstić information content (AvgIpc) is 2.28. The van der Waals surface area contributed by atoms with E-state index in [2.05, 4.69) is 27.8 Å². The minimum Gasteiger partial charge on any atom is -0.369 e. The van der Waals surface area contributed by atoms with Crippen LogP contribution in [0.15, 0.2) is 18.2 Å². The van der Waals surface area contributed by atoms with Crippen molar-refractivity contribution in [3.05, 3.63) is 29.6 Å². The van der Waals surface area contributed by atoms with E-state index in [0.717, 1.165) is 30.1 Å². The standard InChI is InChI=1S/C12H15BrFNS/c1-9-8-15(5-6-16-9)12-4-2-3-11(14)10(12)7-13/h2-4,9H,5-8H2,1H3. The Bertz CT molecular complexity index is 372. The number of rotatable bonds is 2. The van der Waals surface area contributed by atoms with Crippen molar-refractivity contribution in [3.8, 4) is 0 Å². The van der Waals surface area contributed by atoms with Gasteiger partial charge in [0.15, 0.2) is 0 Å². The van der Waals surface area contributed by atoms with Gasteiger partial charge < -0.3 is 4.90 Å². The van der Waals surface area contributed by atoms with Gasteiger partial charge in [-0.3, -0.25) is 0 Å². The van der Waals surface area contributed by atoms with E-state index >= 15 is 0 Å². The quantitative estimate of drug-likeness (QED) is 0.767. The SMILES string of the molecule is CC1CN(c2cccc(F)c2CBr)CCS1. The van der Waals surface area contributed by atoms with Gasteiger partial charge in [0.05, 0.1) is 0 Å². The van der Waals surface area contributed by atoms with Gasteiger partial charge >= 0.3 is 0 Å². The maximum Gasteiger partial charge on any atom is 0.129 e. The average molecular weight is 304 g/mol. The second-order valence-electron chi connectivity index (χ2n) is 4.00. The highest BCUT2D eigenvalue weighted by Crippen LogP contribution is 2.29. The Morgan fingerprint density at radius 1 is 1.56 bits per heavy atom. The smallest absolute Gasteiger partial charge is 0.129 e. The maximum atomic E-state index is 13.6. The van der Waals surface area contributed by atoms with Crippen molar-refractivity contribution in [1.29, 1.82) is 0 Å². The highest BCUT2D eigenvalue weighted by atomic mass is 79.9. The van der Waals surface area contributed by atoms with Gasteiger partial charge in [0, 0.05) is 40.7 Å². The molecule has 4 heteroatoms. The largest absolute Gasteiger partial charge is 0.369 e. The van der Waals surface area contributed by atoms with Gasteiger partial charge in [-0.25, -0.2) is 4.39 Å². The number of hydrogen-bond acceptors (Lipinski definition) is 2. The fourth-order valence-corrected chi connectivity index (χ4v) is 3.58. The third kappa shape index (κ3) is 2.54. The summed E-state index contributed by atoms with van der Waals surface area (Å²) in [5.41, 5.74) is 1.82. The van der Waals surface area contributed by atoms with Crippen molar-refractivity contribution in [3.63, 3.8) is 0 Å². The lowest BCUT2D eigenvalue weighted by molar-refractivity contribution is 0.615. The molecule has 1 atom stereocenters. The van der Waals surface area contributed by atoms with Crippen LogP contribution in [0.25, 0.3) is 0 Å². The molecule has 0 aromatic heterocycles. The summed E-state index contributed by atoms with van der Waals surface area (Å²) in [6, 6.07) is 5.34. The monoisotopic (exact) mass is 303 g/mol. The summed E-state index contributed by atoms with van der Waals surface area (Å²) in [7, 11) is 0. The van der Waals surface area contributed by atoms with E-state index in [1.807, 2.05) is 17.8 Å². The molecule has 2 rings (SSSR count). The minimum atomic E-state index is -0.111. The van der Waals surface area contributed by atoms with Gasteiger partial charge in [0.1, 0.15) is 5.82 Å². The van der Waals surface area contributed by atoms with E-state index in [9.17, 15) is 4.39 Å². The molecule has 1 unspecified atom stereocenters. The van der Waals surface area contributed by atoms with Crippen LogP contribution in [0.5, 0.6) is 0 Å². The predicted octanol–water partition coefficient (Wildman–Crippen LogP) is 3.66. The van der Waals surface area contributed by atoms with E-state index in [-0.39, 0.29) is 5.82 Å². The molecular weight excluding hydrogens is 289 g/mol. The molecular formula is C12H15BrFNS. The molecule has 88 valence electrons. The molecule has 1 nitrogen and oxygen atoms in total. The van der Waals surface area contributed by atoms with Crippen LogP contribution in [0.1, 0.15) is 12.5 Å². The summed E-state index contributed by atoms with van der Waals surface area (Å²) in [6.07, 6.45) is 0. The third-order valence-electron chi connectivity index (χ3n) is 2.81. The van der Waals surface area contributed by atoms with Crippen LogP contribution in [0.4, 0.5) is 10.1 Å². The molecule has 1 heterocycles. The number of hydrogen-bond donors (Lipinski definition) is 0. The first-order valence-corrected chi connectivity index (χ1v) is 7.59. The van der Waals surface area contributed by atoms with Gasteiger partial charge in [-0.15, -0.1) is 0 Å². The summed E-state index contributed by atoms with van der Waals surface area (Å²) in [5, 5.41) is 1.20. The van der Waals surface area contributed by atoms with E-state index < -0.39 is 0 Å². The minimum absolute atomic E-state index is 0.111. The fraction of sp³-hybridized carbons (Fsp3) is 0.500. The molecule has 0 spiro atoms. The maximum absolute atomic E-state index is 13.6. The molecule has 1 aliphatic rings. The number of halogens is 2. The summed E-state index contributed by atoms with van der Waals surface area (Å²) in [4.78, 5) is 2.29. The zero-order valence-corrected chi connectivity index (χ0v) is 11.7. The van der Waals surface area contributed by atoms with Crippen molar-refractivity contribution in [1.82, 2.24) is 0 Å². The first kappa shape index (κ1) is 12.2. The third-order valence-corrected chi connectivity index (χ3v) is 4.51. The molecule has 0 saturated carbocycles. The van der Waals surface area contributed by atoms with Gasteiger partial charge in [0.2, 0.25) is 0 Å². The molecule has 1 aromatic rings. The topological polar surface area (TPSA) is 3.24 Å². The highest BCUT2D eigenvalue weighted by Gasteiger charge is 2.20. The summed E-state index contributed by atoms with van der Waals surface area (Å²) < 4.78 is 13.6. The zero-order chi connectivity index (χ0) is 11.5. The number of benzene rings is 1. The molecule has 0 radical (unpaired) electrons. The summed E-state index contributed by atoms with van der Waals surface area (Å²) in [6.45, 7) is 4.25. The molecule has 0 bridgehead atoms. The predicted molar refractivity (Wildman–Crippen MR) is 73.2 cm³/mol. The molecule has 1 fully saturated rings. The lowest BCUT2D eigenvalue weighted by atomic mass is 10.1. The molecule has 0 amide bonds. The molecule has 1 aromatic carbocycles. The van der Waals surface area contributed by atoms with Crippen LogP contribution in [0, 0.1) is 5.82 Å². The van der Waals surface area contributed by atoms with E-state index in [0.29, 0.717) is 10.6 Å². The second kappa shape index (κ2) is 5.41. The molecule has 16 heavy (non-hydrogen) atoms. The van der Waals surface area contributed by atoms with Crippen LogP contribution < -0.4 is 4.90 Å². The van der Waals surface area contributed by atoms with Gasteiger partial charge in [-0.1, -0.05) is 28.9 Å². The Morgan fingerprint density at radius 3 is 3.06 bits per heavy atom. The zero-order valence-electron chi connectivity index (χ0n) is 9.25. The van der Waals surface area contributed by atoms with Gasteiger partial charge in [-0.2, -0.15) is 11.8 Å². The van der Waals surface area contributed by atoms with Crippen molar-refractivity contribution < 1.29 is 4.39 Å². The van der Waals surface area contributed by atoms with Crippen molar-refractivity contribution in [2.24, 2.45) is 0 Å². The summed E-state index contributed by atoms with van der Waals surface area (Å²) in [5.74, 6) is 1.01. The second-order valence-corrected chi connectivity index (χ2v) is 6.11. The Balaban J connectivity index is 2.28. The van der Waals surface area contributed by atoms with E-state index in [1.54, 1.807) is 6.07 Å². The first-order valence-electron chi connectivity index (χ1n) is 5.42. The Morgan fingerprint density at radius 2 is 2.38 bits per heavy atom. The van der Waals surface area contributed by atoms with Gasteiger partial charge in [-0.05, 0) is 12.1 Å². The van der Waals surface area contributed by atoms with Crippen LogP contribution in [0.2, 0.25) is 0 Å². The Kier molecular flexibility index (Phi) is 4.14. The van der Waals surface area contributed by atoms with Crippen molar-refractivity contribution >= 4 is 33.4 Å². The number of thioether (sulfide) groups is 1. The molecule has 0 N–H and O–H groups in total. The van der Waals surface area contributed by atoms with Crippen LogP contribution in [-0.4, -0.2) is 24.1 Å². The van der Waals surface area contributed by atoms with Crippen LogP contribution in [-0.2, 0) is 5.33 Å². The molecule has 0 aliphatic carbocycles. The lowest BCUT2D eigenvalue weighted by Crippen LogP contribution is -2.37. The molecule has 1 aliphatic heterocycles. The van der Waals surface area contributed by atoms with Crippen LogP contribution >= 0.6 is 27.7 Å². The number of alkyl halides is 1. The van der Waals surface area contributed by atoms with Gasteiger partial charge in [0.25, 0.3) is 0 Å². The number of anilines is 1. The molecule has 1 saturated heterocycles. The Hall–Kier alpha value is -0.220. The lowest BCUT2D eigenvalue weighted by Gasteiger charge is -2.33. The van der Waals surface area contributed by atoms with Crippen LogP contribution in [0.3, 0.4) is 0 Å². The first-order chi connectivity index (χ1) is 7.72. The Labute approximate surface area is 109 Å².